The van der Waals surface area contributed by atoms with Gasteiger partial charge < -0.3 is 20.5 Å². The van der Waals surface area contributed by atoms with Gasteiger partial charge in [-0.3, -0.25) is 14.7 Å². The molecule has 3 aromatic rings. The Morgan fingerprint density at radius 2 is 2.18 bits per heavy atom. The number of carbonyl (C=O) groups excluding carboxylic acids is 1. The average molecular weight is 481 g/mol. The number of benzene rings is 1. The Morgan fingerprint density at radius 3 is 2.97 bits per heavy atom. The predicted molar refractivity (Wildman–Crippen MR) is 130 cm³/mol. The number of piperidine rings is 1. The minimum absolute atomic E-state index is 0.0564. The third kappa shape index (κ3) is 3.99. The number of rotatable bonds is 2. The van der Waals surface area contributed by atoms with Crippen LogP contribution in [0.3, 0.4) is 0 Å². The smallest absolute Gasteiger partial charge is 0.237 e. The third-order valence-electron chi connectivity index (χ3n) is 7.26. The molecule has 2 atom stereocenters. The standard InChI is InChI=1S/C24H28N6O3S/c1-30-7-4-14-8-17(30)23(32)27-12-24(5-6-24)13-33-22-15(18-9-26-20(11-31)34-18)2-3-16-21(22)29-19(28-14)10-25-16/h2-3,9-10,14,17,31H,4-8,11-13H2,1H3,(H,27,32)(H,28,29)/t14-,17-/m0/s1. The maximum absolute atomic E-state index is 13.0. The highest BCUT2D eigenvalue weighted by Crippen LogP contribution is 2.47. The Balaban J connectivity index is 1.44. The fourth-order valence-corrected chi connectivity index (χ4v) is 5.67. The van der Waals surface area contributed by atoms with Crippen LogP contribution in [0, 0.1) is 5.41 Å². The topological polar surface area (TPSA) is 113 Å². The summed E-state index contributed by atoms with van der Waals surface area (Å²) in [5.41, 5.74) is 2.31. The number of thiazole rings is 1. The molecule has 3 aliphatic rings. The second-order valence-electron chi connectivity index (χ2n) is 9.71. The number of hydrogen-bond donors (Lipinski definition) is 3. The number of aliphatic hydroxyl groups is 1. The number of ether oxygens (including phenoxy) is 1. The van der Waals surface area contributed by atoms with Crippen LogP contribution in [-0.2, 0) is 11.4 Å². The number of likely N-dealkylation sites (tertiary alicyclic amines) is 1. The summed E-state index contributed by atoms with van der Waals surface area (Å²) < 4.78 is 6.50. The number of likely N-dealkylation sites (N-methyl/N-ethyl adjacent to an activating group) is 1. The van der Waals surface area contributed by atoms with Gasteiger partial charge in [0.15, 0.2) is 5.75 Å². The molecule has 1 spiro atoms. The predicted octanol–water partition coefficient (Wildman–Crippen LogP) is 2.41. The Hall–Kier alpha value is -2.82. The molecule has 178 valence electrons. The zero-order chi connectivity index (χ0) is 23.3. The van der Waals surface area contributed by atoms with E-state index in [2.05, 4.69) is 25.5 Å². The van der Waals surface area contributed by atoms with Crippen LogP contribution in [0.4, 0.5) is 5.82 Å². The highest BCUT2D eigenvalue weighted by molar-refractivity contribution is 7.15. The van der Waals surface area contributed by atoms with E-state index in [4.69, 9.17) is 9.72 Å². The number of carbonyl (C=O) groups is 1. The third-order valence-corrected chi connectivity index (χ3v) is 8.28. The summed E-state index contributed by atoms with van der Waals surface area (Å²) >= 11 is 1.44. The molecule has 0 unspecified atom stereocenters. The molecule has 9 nitrogen and oxygen atoms in total. The molecule has 10 heteroatoms. The van der Waals surface area contributed by atoms with Crippen molar-refractivity contribution in [2.45, 2.75) is 44.4 Å². The molecule has 1 aliphatic carbocycles. The Bertz CT molecular complexity index is 1240. The van der Waals surface area contributed by atoms with E-state index in [0.29, 0.717) is 35.2 Å². The lowest BCUT2D eigenvalue weighted by Crippen LogP contribution is -2.53. The molecular formula is C24H28N6O3S. The maximum Gasteiger partial charge on any atom is 0.237 e. The second kappa shape index (κ2) is 8.44. The summed E-state index contributed by atoms with van der Waals surface area (Å²) in [5.74, 6) is 1.45. The fraction of sp³-hybridized carbons (Fsp3) is 0.500. The molecule has 1 saturated heterocycles. The lowest BCUT2D eigenvalue weighted by Gasteiger charge is -2.37. The van der Waals surface area contributed by atoms with Crippen molar-refractivity contribution in [3.8, 4) is 16.2 Å². The highest BCUT2D eigenvalue weighted by Gasteiger charge is 2.45. The van der Waals surface area contributed by atoms with Crippen molar-refractivity contribution >= 4 is 34.1 Å². The summed E-state index contributed by atoms with van der Waals surface area (Å²) in [6, 6.07) is 3.92. The van der Waals surface area contributed by atoms with Gasteiger partial charge in [0.25, 0.3) is 0 Å². The minimum Gasteiger partial charge on any atom is -0.490 e. The van der Waals surface area contributed by atoms with E-state index in [9.17, 15) is 9.90 Å². The molecular weight excluding hydrogens is 452 g/mol. The van der Waals surface area contributed by atoms with Crippen molar-refractivity contribution in [2.24, 2.45) is 5.41 Å². The molecule has 6 rings (SSSR count). The van der Waals surface area contributed by atoms with Gasteiger partial charge in [-0.2, -0.15) is 0 Å². The van der Waals surface area contributed by atoms with Crippen LogP contribution in [-0.4, -0.2) is 69.7 Å². The van der Waals surface area contributed by atoms with Gasteiger partial charge >= 0.3 is 0 Å². The number of anilines is 1. The molecule has 0 radical (unpaired) electrons. The maximum atomic E-state index is 13.0. The zero-order valence-corrected chi connectivity index (χ0v) is 19.9. The van der Waals surface area contributed by atoms with Gasteiger partial charge in [0.1, 0.15) is 16.3 Å². The van der Waals surface area contributed by atoms with Gasteiger partial charge in [0, 0.05) is 36.3 Å². The monoisotopic (exact) mass is 480 g/mol. The number of aliphatic hydroxyl groups excluding tert-OH is 1. The van der Waals surface area contributed by atoms with Crippen LogP contribution in [0.15, 0.2) is 24.5 Å². The lowest BCUT2D eigenvalue weighted by atomic mass is 9.96. The molecule has 4 bridgehead atoms. The van der Waals surface area contributed by atoms with E-state index < -0.39 is 0 Å². The molecule has 4 heterocycles. The highest BCUT2D eigenvalue weighted by atomic mass is 32.1. The van der Waals surface area contributed by atoms with Crippen molar-refractivity contribution in [3.05, 3.63) is 29.5 Å². The molecule has 1 saturated carbocycles. The Labute approximate surface area is 201 Å². The first kappa shape index (κ1) is 21.7. The Morgan fingerprint density at radius 1 is 1.29 bits per heavy atom. The summed E-state index contributed by atoms with van der Waals surface area (Å²) in [6.45, 7) is 1.86. The summed E-state index contributed by atoms with van der Waals surface area (Å²) in [6.07, 6.45) is 7.21. The molecule has 1 aromatic carbocycles. The van der Waals surface area contributed by atoms with Crippen LogP contribution < -0.4 is 15.4 Å². The van der Waals surface area contributed by atoms with Gasteiger partial charge in [-0.25, -0.2) is 9.97 Å². The van der Waals surface area contributed by atoms with Gasteiger partial charge in [-0.1, -0.05) is 0 Å². The van der Waals surface area contributed by atoms with Gasteiger partial charge in [-0.05, 0) is 44.9 Å². The zero-order valence-electron chi connectivity index (χ0n) is 19.1. The molecule has 2 aromatic heterocycles. The fourth-order valence-electron chi connectivity index (χ4n) is 4.87. The first-order valence-electron chi connectivity index (χ1n) is 11.8. The van der Waals surface area contributed by atoms with Crippen LogP contribution in [0.25, 0.3) is 21.5 Å². The Kier molecular flexibility index (Phi) is 5.39. The van der Waals surface area contributed by atoms with E-state index in [1.807, 2.05) is 19.2 Å². The number of fused-ring (bicyclic) bond motifs is 3. The van der Waals surface area contributed by atoms with Crippen molar-refractivity contribution in [2.75, 3.05) is 32.1 Å². The van der Waals surface area contributed by atoms with Gasteiger partial charge in [0.05, 0.1) is 35.8 Å². The number of nitrogens with one attached hydrogen (secondary N) is 2. The van der Waals surface area contributed by atoms with Crippen LogP contribution >= 0.6 is 11.3 Å². The summed E-state index contributed by atoms with van der Waals surface area (Å²) in [4.78, 5) is 30.0. The number of aromatic nitrogens is 3. The van der Waals surface area contributed by atoms with E-state index in [1.165, 1.54) is 11.3 Å². The first-order chi connectivity index (χ1) is 16.5. The average Bonchev–Trinajstić information content (AvgIpc) is 3.46. The minimum atomic E-state index is -0.159. The van der Waals surface area contributed by atoms with Crippen molar-refractivity contribution in [1.82, 2.24) is 25.2 Å². The van der Waals surface area contributed by atoms with Gasteiger partial charge in [-0.15, -0.1) is 11.3 Å². The van der Waals surface area contributed by atoms with E-state index in [-0.39, 0.29) is 30.0 Å². The normalized spacial score (nSPS) is 24.4. The van der Waals surface area contributed by atoms with Gasteiger partial charge in [0.2, 0.25) is 5.91 Å². The molecule has 2 aliphatic heterocycles. The SMILES string of the molecule is CN1CC[C@H]2C[C@H]1C(=O)NCC1(CC1)COc1c(-c3cnc(CO)s3)ccc3ncc(nc13)N2. The number of nitrogens with zero attached hydrogens (tertiary/aromatic N) is 4. The van der Waals surface area contributed by atoms with Crippen molar-refractivity contribution in [1.29, 1.82) is 0 Å². The first-order valence-corrected chi connectivity index (χ1v) is 12.6. The van der Waals surface area contributed by atoms with E-state index >= 15 is 0 Å². The molecule has 34 heavy (non-hydrogen) atoms. The largest absolute Gasteiger partial charge is 0.490 e. The molecule has 1 amide bonds. The van der Waals surface area contributed by atoms with Crippen molar-refractivity contribution in [3.63, 3.8) is 0 Å². The summed E-state index contributed by atoms with van der Waals surface area (Å²) in [5, 5.41) is 16.9. The van der Waals surface area contributed by atoms with E-state index in [1.54, 1.807) is 12.4 Å². The van der Waals surface area contributed by atoms with E-state index in [0.717, 1.165) is 48.2 Å². The second-order valence-corrected chi connectivity index (χ2v) is 10.8. The number of amides is 1. The summed E-state index contributed by atoms with van der Waals surface area (Å²) in [7, 11) is 2.02. The lowest BCUT2D eigenvalue weighted by molar-refractivity contribution is -0.127. The number of hydrogen-bond acceptors (Lipinski definition) is 9. The van der Waals surface area contributed by atoms with Crippen LogP contribution in [0.5, 0.6) is 5.75 Å². The molecule has 2 fully saturated rings. The van der Waals surface area contributed by atoms with Crippen molar-refractivity contribution < 1.29 is 14.6 Å². The molecule has 3 N–H and O–H groups in total. The quantitative estimate of drug-likeness (QED) is 0.513. The van der Waals surface area contributed by atoms with Crippen LogP contribution in [0.1, 0.15) is 30.7 Å². The van der Waals surface area contributed by atoms with Crippen LogP contribution in [0.2, 0.25) is 0 Å².